The summed E-state index contributed by atoms with van der Waals surface area (Å²) in [4.78, 5) is 0. The predicted octanol–water partition coefficient (Wildman–Crippen LogP) is 2.77. The number of fused-ring (bicyclic) bond motifs is 1. The fraction of sp³-hybridized carbons (Fsp3) is 0.143. The van der Waals surface area contributed by atoms with Gasteiger partial charge in [-0.3, -0.25) is 0 Å². The zero-order valence-electron chi connectivity index (χ0n) is 5.68. The standard InChI is InChI=1S/C7H3Cl2FO2/c8-3-1-2-4-6(5(3)10)12-7(9)11-4/h1-2,7H. The van der Waals surface area contributed by atoms with Crippen LogP contribution in [0.2, 0.25) is 5.02 Å². The molecule has 2 rings (SSSR count). The summed E-state index contributed by atoms with van der Waals surface area (Å²) in [5.74, 6) is -1.36. The number of ether oxygens (including phenoxy) is 2. The first-order valence-corrected chi connectivity index (χ1v) is 3.95. The predicted molar refractivity (Wildman–Crippen MR) is 42.3 cm³/mol. The SMILES string of the molecule is Fc1c(Cl)ccc2c1OC(Cl)O2. The van der Waals surface area contributed by atoms with Crippen LogP contribution >= 0.6 is 23.2 Å². The van der Waals surface area contributed by atoms with Gasteiger partial charge < -0.3 is 9.47 Å². The Labute approximate surface area is 77.8 Å². The quantitative estimate of drug-likeness (QED) is 0.611. The van der Waals surface area contributed by atoms with Crippen LogP contribution in [0, 0.1) is 5.82 Å². The van der Waals surface area contributed by atoms with E-state index in [-0.39, 0.29) is 16.5 Å². The Bertz CT molecular complexity index is 329. The summed E-state index contributed by atoms with van der Waals surface area (Å²) in [7, 11) is 0. The highest BCUT2D eigenvalue weighted by atomic mass is 35.5. The minimum Gasteiger partial charge on any atom is -0.438 e. The summed E-state index contributed by atoms with van der Waals surface area (Å²) in [5, 5.41) is -0.0110. The molecule has 12 heavy (non-hydrogen) atoms. The lowest BCUT2D eigenvalue weighted by Gasteiger charge is -1.98. The van der Waals surface area contributed by atoms with Crippen LogP contribution < -0.4 is 9.47 Å². The number of benzene rings is 1. The molecule has 0 radical (unpaired) electrons. The van der Waals surface area contributed by atoms with Gasteiger partial charge in [0, 0.05) is 0 Å². The lowest BCUT2D eigenvalue weighted by molar-refractivity contribution is 0.126. The second-order valence-corrected chi connectivity index (χ2v) is 2.96. The molecule has 5 heteroatoms. The van der Waals surface area contributed by atoms with E-state index >= 15 is 0 Å². The van der Waals surface area contributed by atoms with Crippen LogP contribution in [-0.2, 0) is 0 Å². The van der Waals surface area contributed by atoms with E-state index in [4.69, 9.17) is 32.7 Å². The van der Waals surface area contributed by atoms with Crippen molar-refractivity contribution in [2.75, 3.05) is 0 Å². The molecule has 0 fully saturated rings. The first-order valence-electron chi connectivity index (χ1n) is 3.14. The smallest absolute Gasteiger partial charge is 0.322 e. The Morgan fingerprint density at radius 2 is 2.08 bits per heavy atom. The van der Waals surface area contributed by atoms with Crippen molar-refractivity contribution in [1.29, 1.82) is 0 Å². The summed E-state index contributed by atoms with van der Waals surface area (Å²) < 4.78 is 22.8. The molecule has 1 aliphatic rings. The summed E-state index contributed by atoms with van der Waals surface area (Å²) in [6.45, 7) is 0. The van der Waals surface area contributed by atoms with Gasteiger partial charge in [0.1, 0.15) is 0 Å². The van der Waals surface area contributed by atoms with Gasteiger partial charge >= 0.3 is 5.75 Å². The maximum Gasteiger partial charge on any atom is 0.322 e. The molecule has 0 aromatic heterocycles. The van der Waals surface area contributed by atoms with Crippen LogP contribution in [0.1, 0.15) is 0 Å². The lowest BCUT2D eigenvalue weighted by atomic mass is 10.3. The number of hydrogen-bond donors (Lipinski definition) is 0. The Morgan fingerprint density at radius 1 is 1.33 bits per heavy atom. The maximum atomic E-state index is 13.1. The summed E-state index contributed by atoms with van der Waals surface area (Å²) >= 11 is 10.9. The zero-order valence-corrected chi connectivity index (χ0v) is 7.19. The molecule has 0 spiro atoms. The van der Waals surface area contributed by atoms with E-state index in [0.717, 1.165) is 0 Å². The minimum atomic E-state index is -0.965. The van der Waals surface area contributed by atoms with Crippen LogP contribution in [0.5, 0.6) is 11.5 Å². The largest absolute Gasteiger partial charge is 0.438 e. The van der Waals surface area contributed by atoms with E-state index in [2.05, 4.69) is 0 Å². The highest BCUT2D eigenvalue weighted by Gasteiger charge is 2.26. The first-order chi connectivity index (χ1) is 5.68. The summed E-state index contributed by atoms with van der Waals surface area (Å²) in [5.41, 5.74) is 0. The van der Waals surface area contributed by atoms with Crippen LogP contribution in [-0.4, -0.2) is 5.75 Å². The first kappa shape index (κ1) is 7.95. The van der Waals surface area contributed by atoms with E-state index in [1.165, 1.54) is 12.1 Å². The normalized spacial score (nSPS) is 19.8. The van der Waals surface area contributed by atoms with Crippen LogP contribution in [0.25, 0.3) is 0 Å². The van der Waals surface area contributed by atoms with E-state index in [1.807, 2.05) is 0 Å². The summed E-state index contributed by atoms with van der Waals surface area (Å²) in [6, 6.07) is 2.89. The average Bonchev–Trinajstić information content (AvgIpc) is 2.39. The molecule has 0 bridgehead atoms. The average molecular weight is 209 g/mol. The van der Waals surface area contributed by atoms with Crippen LogP contribution in [0.15, 0.2) is 12.1 Å². The Hall–Kier alpha value is -0.670. The molecular formula is C7H3Cl2FO2. The van der Waals surface area contributed by atoms with Crippen molar-refractivity contribution in [1.82, 2.24) is 0 Å². The van der Waals surface area contributed by atoms with Crippen LogP contribution in [0.3, 0.4) is 0 Å². The topological polar surface area (TPSA) is 18.5 Å². The van der Waals surface area contributed by atoms with Gasteiger partial charge in [-0.2, -0.15) is 0 Å². The van der Waals surface area contributed by atoms with Gasteiger partial charge in [0.2, 0.25) is 5.75 Å². The molecule has 1 unspecified atom stereocenters. The van der Waals surface area contributed by atoms with Crippen molar-refractivity contribution < 1.29 is 13.9 Å². The van der Waals surface area contributed by atoms with Gasteiger partial charge in [-0.1, -0.05) is 11.6 Å². The van der Waals surface area contributed by atoms with E-state index in [1.54, 1.807) is 0 Å². The second kappa shape index (κ2) is 2.68. The molecule has 1 heterocycles. The molecule has 0 saturated heterocycles. The molecule has 1 aliphatic heterocycles. The third kappa shape index (κ3) is 1.09. The fourth-order valence-corrected chi connectivity index (χ4v) is 1.27. The molecule has 64 valence electrons. The number of hydrogen-bond acceptors (Lipinski definition) is 2. The minimum absolute atomic E-state index is 0.0110. The van der Waals surface area contributed by atoms with Gasteiger partial charge in [-0.25, -0.2) is 4.39 Å². The summed E-state index contributed by atoms with van der Waals surface area (Å²) in [6.07, 6.45) is 0. The molecular weight excluding hydrogens is 206 g/mol. The molecule has 2 nitrogen and oxygen atoms in total. The van der Waals surface area contributed by atoms with Crippen LogP contribution in [0.4, 0.5) is 4.39 Å². The van der Waals surface area contributed by atoms with Gasteiger partial charge in [-0.05, 0) is 23.7 Å². The molecule has 0 aliphatic carbocycles. The number of halogens is 3. The Morgan fingerprint density at radius 3 is 2.83 bits per heavy atom. The molecule has 0 saturated carbocycles. The van der Waals surface area contributed by atoms with E-state index in [9.17, 15) is 4.39 Å². The monoisotopic (exact) mass is 208 g/mol. The Kier molecular flexibility index (Phi) is 1.77. The van der Waals surface area contributed by atoms with Crippen molar-refractivity contribution in [3.63, 3.8) is 0 Å². The van der Waals surface area contributed by atoms with Gasteiger partial charge in [-0.15, -0.1) is 0 Å². The Balaban J connectivity index is 2.54. The molecule has 0 N–H and O–H groups in total. The van der Waals surface area contributed by atoms with Crippen molar-refractivity contribution in [2.45, 2.75) is 5.75 Å². The number of rotatable bonds is 0. The third-order valence-electron chi connectivity index (χ3n) is 1.44. The molecule has 1 atom stereocenters. The van der Waals surface area contributed by atoms with Crippen molar-refractivity contribution in [3.05, 3.63) is 23.0 Å². The molecule has 1 aromatic rings. The van der Waals surface area contributed by atoms with Crippen molar-refractivity contribution in [2.24, 2.45) is 0 Å². The van der Waals surface area contributed by atoms with Gasteiger partial charge in [0.25, 0.3) is 0 Å². The highest BCUT2D eigenvalue weighted by Crippen LogP contribution is 2.40. The maximum absolute atomic E-state index is 13.1. The van der Waals surface area contributed by atoms with Crippen molar-refractivity contribution in [3.8, 4) is 11.5 Å². The molecule has 0 amide bonds. The highest BCUT2D eigenvalue weighted by molar-refractivity contribution is 6.31. The molecule has 1 aromatic carbocycles. The van der Waals surface area contributed by atoms with Gasteiger partial charge in [0.05, 0.1) is 5.02 Å². The fourth-order valence-electron chi connectivity index (χ4n) is 0.933. The van der Waals surface area contributed by atoms with Crippen molar-refractivity contribution >= 4 is 23.2 Å². The van der Waals surface area contributed by atoms with Gasteiger partial charge in [0.15, 0.2) is 11.6 Å². The third-order valence-corrected chi connectivity index (χ3v) is 1.91. The number of alkyl halides is 1. The van der Waals surface area contributed by atoms with E-state index in [0.29, 0.717) is 0 Å². The van der Waals surface area contributed by atoms with E-state index < -0.39 is 11.6 Å². The second-order valence-electron chi connectivity index (χ2n) is 2.20. The lowest BCUT2D eigenvalue weighted by Crippen LogP contribution is -2.07. The zero-order chi connectivity index (χ0) is 8.72.